The number of aromatic nitrogens is 1. The Bertz CT molecular complexity index is 769. The molecule has 1 heterocycles. The third-order valence-electron chi connectivity index (χ3n) is 3.94. The summed E-state index contributed by atoms with van der Waals surface area (Å²) in [6, 6.07) is 6.92. The Morgan fingerprint density at radius 2 is 1.85 bits per heavy atom. The number of hydrogen-bond acceptors (Lipinski definition) is 6. The van der Waals surface area contributed by atoms with Crippen LogP contribution < -0.4 is 5.32 Å². The van der Waals surface area contributed by atoms with Crippen molar-refractivity contribution in [1.82, 2.24) is 9.29 Å². The highest BCUT2D eigenvalue weighted by atomic mass is 32.2. The summed E-state index contributed by atoms with van der Waals surface area (Å²) in [7, 11) is -3.42. The smallest absolute Gasteiger partial charge is 0.243 e. The lowest BCUT2D eigenvalue weighted by atomic mass is 10.2. The fourth-order valence-electron chi connectivity index (χ4n) is 2.51. The van der Waals surface area contributed by atoms with Crippen LogP contribution in [0, 0.1) is 0 Å². The van der Waals surface area contributed by atoms with Crippen molar-refractivity contribution in [3.63, 3.8) is 0 Å². The Kier molecular flexibility index (Phi) is 8.02. The number of benzene rings is 1. The number of hydrogen-bond donors (Lipinski definition) is 1. The van der Waals surface area contributed by atoms with Crippen LogP contribution >= 0.6 is 11.3 Å². The monoisotopic (exact) mass is 397 g/mol. The van der Waals surface area contributed by atoms with Crippen LogP contribution in [0.3, 0.4) is 0 Å². The van der Waals surface area contributed by atoms with Gasteiger partial charge in [-0.25, -0.2) is 13.4 Å². The van der Waals surface area contributed by atoms with E-state index in [1.54, 1.807) is 23.5 Å². The first-order chi connectivity index (χ1) is 12.5. The molecule has 0 unspecified atom stereocenters. The van der Waals surface area contributed by atoms with Crippen molar-refractivity contribution in [3.8, 4) is 11.3 Å². The molecule has 1 aromatic heterocycles. The van der Waals surface area contributed by atoms with Gasteiger partial charge in [-0.3, -0.25) is 0 Å². The van der Waals surface area contributed by atoms with E-state index in [4.69, 9.17) is 4.74 Å². The average Bonchev–Trinajstić information content (AvgIpc) is 3.11. The zero-order valence-corrected chi connectivity index (χ0v) is 17.2. The van der Waals surface area contributed by atoms with Crippen molar-refractivity contribution >= 4 is 26.5 Å². The number of thiazole rings is 1. The molecule has 2 rings (SSSR count). The molecule has 0 saturated carbocycles. The molecule has 0 aliphatic rings. The number of ether oxygens (including phenoxy) is 1. The summed E-state index contributed by atoms with van der Waals surface area (Å²) in [5, 5.41) is 6.11. The molecule has 0 amide bonds. The van der Waals surface area contributed by atoms with Gasteiger partial charge in [0.1, 0.15) is 0 Å². The largest absolute Gasteiger partial charge is 0.382 e. The van der Waals surface area contributed by atoms with Crippen molar-refractivity contribution in [1.29, 1.82) is 0 Å². The Labute approximate surface area is 160 Å². The first-order valence-corrected chi connectivity index (χ1v) is 11.2. The highest BCUT2D eigenvalue weighted by Gasteiger charge is 2.21. The summed E-state index contributed by atoms with van der Waals surface area (Å²) < 4.78 is 31.8. The van der Waals surface area contributed by atoms with Crippen LogP contribution in [0.1, 0.15) is 27.2 Å². The molecule has 1 aromatic carbocycles. The molecule has 8 heteroatoms. The van der Waals surface area contributed by atoms with E-state index in [1.165, 1.54) is 4.31 Å². The lowest BCUT2D eigenvalue weighted by molar-refractivity contribution is 0.147. The van der Waals surface area contributed by atoms with Gasteiger partial charge >= 0.3 is 0 Å². The summed E-state index contributed by atoms with van der Waals surface area (Å²) >= 11 is 1.54. The lowest BCUT2D eigenvalue weighted by Gasteiger charge is -2.18. The van der Waals surface area contributed by atoms with Crippen molar-refractivity contribution in [2.45, 2.75) is 32.1 Å². The Morgan fingerprint density at radius 1 is 1.15 bits per heavy atom. The minimum absolute atomic E-state index is 0.314. The first-order valence-electron chi connectivity index (χ1n) is 8.90. The molecular weight excluding hydrogens is 370 g/mol. The van der Waals surface area contributed by atoms with Gasteiger partial charge < -0.3 is 10.1 Å². The normalized spacial score (nSPS) is 11.8. The molecular formula is C18H27N3O3S2. The number of nitrogens with zero attached hydrogens (tertiary/aromatic N) is 2. The van der Waals surface area contributed by atoms with Crippen molar-refractivity contribution < 1.29 is 13.2 Å². The second-order valence-electron chi connectivity index (χ2n) is 5.63. The standard InChI is InChI=1S/C18H27N3O3S2/c1-4-21(5-2)26(22,23)16-10-8-15(9-11-16)17-14-25-18(20-17)19-12-7-13-24-6-3/h8-11,14H,4-7,12-13H2,1-3H3,(H,19,20). The quantitative estimate of drug-likeness (QED) is 0.586. The van der Waals surface area contributed by atoms with E-state index in [1.807, 2.05) is 38.3 Å². The van der Waals surface area contributed by atoms with E-state index in [0.29, 0.717) is 18.0 Å². The van der Waals surface area contributed by atoms with Gasteiger partial charge in [0.25, 0.3) is 0 Å². The zero-order chi connectivity index (χ0) is 19.0. The molecule has 0 atom stereocenters. The Hall–Kier alpha value is -1.48. The summed E-state index contributed by atoms with van der Waals surface area (Å²) in [5.41, 5.74) is 1.75. The predicted molar refractivity (Wildman–Crippen MR) is 107 cm³/mol. The number of nitrogens with one attached hydrogen (secondary N) is 1. The van der Waals surface area contributed by atoms with Crippen LogP contribution in [0.25, 0.3) is 11.3 Å². The molecule has 0 radical (unpaired) electrons. The maximum atomic E-state index is 12.5. The molecule has 0 fully saturated rings. The third-order valence-corrected chi connectivity index (χ3v) is 6.81. The van der Waals surface area contributed by atoms with Gasteiger partial charge in [0.2, 0.25) is 10.0 Å². The summed E-state index contributed by atoms with van der Waals surface area (Å²) in [5.74, 6) is 0. The highest BCUT2D eigenvalue weighted by Crippen LogP contribution is 2.26. The van der Waals surface area contributed by atoms with Crippen LogP contribution in [0.4, 0.5) is 5.13 Å². The van der Waals surface area contributed by atoms with Crippen LogP contribution in [0.2, 0.25) is 0 Å². The number of rotatable bonds is 11. The van der Waals surface area contributed by atoms with E-state index in [9.17, 15) is 8.42 Å². The van der Waals surface area contributed by atoms with Crippen LogP contribution in [-0.4, -0.2) is 50.6 Å². The van der Waals surface area contributed by atoms with E-state index in [-0.39, 0.29) is 0 Å². The van der Waals surface area contributed by atoms with Gasteiger partial charge in [-0.15, -0.1) is 11.3 Å². The topological polar surface area (TPSA) is 71.5 Å². The van der Waals surface area contributed by atoms with Crippen molar-refractivity contribution in [2.24, 2.45) is 0 Å². The minimum atomic E-state index is -3.42. The fourth-order valence-corrected chi connectivity index (χ4v) is 4.72. The third kappa shape index (κ3) is 5.26. The van der Waals surface area contributed by atoms with Gasteiger partial charge in [-0.2, -0.15) is 4.31 Å². The summed E-state index contributed by atoms with van der Waals surface area (Å²) in [6.07, 6.45) is 0.931. The second kappa shape index (κ2) is 10.0. The van der Waals surface area contributed by atoms with Crippen molar-refractivity contribution in [2.75, 3.05) is 38.2 Å². The minimum Gasteiger partial charge on any atom is -0.382 e. The van der Waals surface area contributed by atoms with E-state index < -0.39 is 10.0 Å². The van der Waals surface area contributed by atoms with Crippen LogP contribution in [-0.2, 0) is 14.8 Å². The Morgan fingerprint density at radius 3 is 2.46 bits per heavy atom. The fraction of sp³-hybridized carbons (Fsp3) is 0.500. The van der Waals surface area contributed by atoms with Crippen LogP contribution in [0.15, 0.2) is 34.5 Å². The molecule has 2 aromatic rings. The van der Waals surface area contributed by atoms with Gasteiger partial charge in [0.05, 0.1) is 10.6 Å². The van der Waals surface area contributed by atoms with Gasteiger partial charge in [-0.1, -0.05) is 26.0 Å². The lowest BCUT2D eigenvalue weighted by Crippen LogP contribution is -2.30. The molecule has 0 aliphatic carbocycles. The van der Waals surface area contributed by atoms with E-state index in [0.717, 1.165) is 42.6 Å². The predicted octanol–water partition coefficient (Wildman–Crippen LogP) is 3.68. The second-order valence-corrected chi connectivity index (χ2v) is 8.42. The molecule has 1 N–H and O–H groups in total. The number of sulfonamides is 1. The van der Waals surface area contributed by atoms with Gasteiger partial charge in [0, 0.05) is 43.8 Å². The average molecular weight is 398 g/mol. The molecule has 0 bridgehead atoms. The Balaban J connectivity index is 2.03. The molecule has 6 nitrogen and oxygen atoms in total. The molecule has 0 saturated heterocycles. The van der Waals surface area contributed by atoms with Crippen LogP contribution in [0.5, 0.6) is 0 Å². The molecule has 0 aliphatic heterocycles. The van der Waals surface area contributed by atoms with Crippen molar-refractivity contribution in [3.05, 3.63) is 29.6 Å². The molecule has 0 spiro atoms. The molecule has 26 heavy (non-hydrogen) atoms. The van der Waals surface area contributed by atoms with E-state index in [2.05, 4.69) is 10.3 Å². The SMILES string of the molecule is CCOCCCNc1nc(-c2ccc(S(=O)(=O)N(CC)CC)cc2)cs1. The summed E-state index contributed by atoms with van der Waals surface area (Å²) in [6.45, 7) is 8.88. The van der Waals surface area contributed by atoms with Gasteiger partial charge in [-0.05, 0) is 25.5 Å². The number of anilines is 1. The molecule has 144 valence electrons. The summed E-state index contributed by atoms with van der Waals surface area (Å²) in [4.78, 5) is 4.88. The zero-order valence-electron chi connectivity index (χ0n) is 15.6. The maximum absolute atomic E-state index is 12.5. The van der Waals surface area contributed by atoms with E-state index >= 15 is 0 Å². The maximum Gasteiger partial charge on any atom is 0.243 e. The van der Waals surface area contributed by atoms with Gasteiger partial charge in [0.15, 0.2) is 5.13 Å². The highest BCUT2D eigenvalue weighted by molar-refractivity contribution is 7.89. The first kappa shape index (κ1) is 20.8.